The molecule has 0 amide bonds. The molecule has 0 radical (unpaired) electrons. The molecule has 22 heavy (non-hydrogen) atoms. The molecule has 0 aromatic rings. The average molecular weight is 309 g/mol. The van der Waals surface area contributed by atoms with Crippen LogP contribution in [0.5, 0.6) is 0 Å². The van der Waals surface area contributed by atoms with Crippen LogP contribution < -0.4 is 0 Å². The van der Waals surface area contributed by atoms with E-state index in [0.717, 1.165) is 25.0 Å². The molecular weight excluding hydrogens is 272 g/mol. The van der Waals surface area contributed by atoms with Crippen LogP contribution in [-0.4, -0.2) is 17.5 Å². The van der Waals surface area contributed by atoms with E-state index < -0.39 is 0 Å². The van der Waals surface area contributed by atoms with Crippen molar-refractivity contribution in [3.63, 3.8) is 0 Å². The smallest absolute Gasteiger partial charge is 0.119 e. The number of carbonyl (C=O) groups excluding carboxylic acids is 1. The molecule has 1 fully saturated rings. The van der Waals surface area contributed by atoms with Gasteiger partial charge in [-0.15, -0.1) is 0 Å². The maximum atomic E-state index is 10.4. The third kappa shape index (κ3) is 7.58. The van der Waals surface area contributed by atoms with Gasteiger partial charge < -0.3 is 9.90 Å². The Morgan fingerprint density at radius 1 is 0.955 bits per heavy atom. The second kappa shape index (κ2) is 10.2. The Morgan fingerprint density at radius 3 is 2.14 bits per heavy atom. The summed E-state index contributed by atoms with van der Waals surface area (Å²) in [6, 6.07) is 0. The quantitative estimate of drug-likeness (QED) is 0.313. The zero-order valence-corrected chi connectivity index (χ0v) is 15.0. The standard InChI is InChI=1S/C20H36O2/c1-15(7-5-6-14-21)16(2)8-9-17(3)18(4)10-13-20(22)19-11-12-19/h10,13-20,22H,5-9,11-12H2,1-4H3/b13-10+/t15-,16-,17?,18-,20-/m1/s1. The van der Waals surface area contributed by atoms with Crippen molar-refractivity contribution in [3.8, 4) is 0 Å². The molecule has 1 unspecified atom stereocenters. The Kier molecular flexibility index (Phi) is 9.00. The maximum Gasteiger partial charge on any atom is 0.119 e. The lowest BCUT2D eigenvalue weighted by Crippen LogP contribution is -2.13. The van der Waals surface area contributed by atoms with Crippen molar-refractivity contribution < 1.29 is 9.90 Å². The van der Waals surface area contributed by atoms with Gasteiger partial charge in [0.1, 0.15) is 6.29 Å². The van der Waals surface area contributed by atoms with E-state index >= 15 is 0 Å². The van der Waals surface area contributed by atoms with Crippen molar-refractivity contribution in [2.24, 2.45) is 29.6 Å². The van der Waals surface area contributed by atoms with Gasteiger partial charge in [0.2, 0.25) is 0 Å². The second-order valence-corrected chi connectivity index (χ2v) is 7.68. The summed E-state index contributed by atoms with van der Waals surface area (Å²) in [4.78, 5) is 10.4. The molecule has 2 heteroatoms. The van der Waals surface area contributed by atoms with Crippen molar-refractivity contribution >= 4 is 6.29 Å². The van der Waals surface area contributed by atoms with Crippen LogP contribution in [0.25, 0.3) is 0 Å². The minimum Gasteiger partial charge on any atom is -0.389 e. The number of unbranched alkanes of at least 4 members (excludes halogenated alkanes) is 1. The molecule has 0 heterocycles. The van der Waals surface area contributed by atoms with Gasteiger partial charge in [-0.3, -0.25) is 0 Å². The van der Waals surface area contributed by atoms with E-state index in [9.17, 15) is 9.90 Å². The molecule has 1 rings (SSSR count). The molecule has 0 bridgehead atoms. The van der Waals surface area contributed by atoms with E-state index in [4.69, 9.17) is 0 Å². The van der Waals surface area contributed by atoms with Gasteiger partial charge >= 0.3 is 0 Å². The molecule has 1 aliphatic carbocycles. The number of aliphatic hydroxyl groups is 1. The van der Waals surface area contributed by atoms with Gasteiger partial charge in [-0.05, 0) is 55.3 Å². The lowest BCUT2D eigenvalue weighted by Gasteiger charge is -2.23. The molecule has 0 aromatic heterocycles. The van der Waals surface area contributed by atoms with Crippen molar-refractivity contribution in [2.45, 2.75) is 78.7 Å². The molecule has 1 N–H and O–H groups in total. The Labute approximate surface area is 137 Å². The van der Waals surface area contributed by atoms with Gasteiger partial charge in [-0.1, -0.05) is 52.7 Å². The summed E-state index contributed by atoms with van der Waals surface area (Å²) < 4.78 is 0. The van der Waals surface area contributed by atoms with Crippen LogP contribution in [0.15, 0.2) is 12.2 Å². The van der Waals surface area contributed by atoms with Crippen molar-refractivity contribution in [2.75, 3.05) is 0 Å². The fourth-order valence-corrected chi connectivity index (χ4v) is 2.95. The fraction of sp³-hybridized carbons (Fsp3) is 0.850. The van der Waals surface area contributed by atoms with Crippen LogP contribution in [0.4, 0.5) is 0 Å². The zero-order chi connectivity index (χ0) is 16.5. The van der Waals surface area contributed by atoms with Crippen LogP contribution in [0.3, 0.4) is 0 Å². The molecule has 128 valence electrons. The van der Waals surface area contributed by atoms with Crippen molar-refractivity contribution in [3.05, 3.63) is 12.2 Å². The molecular formula is C20H36O2. The van der Waals surface area contributed by atoms with Gasteiger partial charge in [0, 0.05) is 6.42 Å². The SMILES string of the molecule is CC(CC[C@@H](C)[C@H](C)CCCC=O)[C@H](C)/C=C/[C@@H](O)C1CC1. The first-order valence-corrected chi connectivity index (χ1v) is 9.25. The molecule has 1 aliphatic rings. The number of hydrogen-bond acceptors (Lipinski definition) is 2. The number of allylic oxidation sites excluding steroid dienone is 1. The Hall–Kier alpha value is -0.630. The van der Waals surface area contributed by atoms with Crippen LogP contribution in [0.1, 0.15) is 72.6 Å². The van der Waals surface area contributed by atoms with E-state index in [-0.39, 0.29) is 6.10 Å². The Balaban J connectivity index is 2.22. The Morgan fingerprint density at radius 2 is 1.55 bits per heavy atom. The molecule has 1 saturated carbocycles. The van der Waals surface area contributed by atoms with Crippen LogP contribution in [-0.2, 0) is 4.79 Å². The van der Waals surface area contributed by atoms with Gasteiger partial charge in [0.25, 0.3) is 0 Å². The van der Waals surface area contributed by atoms with Gasteiger partial charge in [-0.25, -0.2) is 0 Å². The molecule has 0 aliphatic heterocycles. The summed E-state index contributed by atoms with van der Waals surface area (Å²) in [6.45, 7) is 9.24. The second-order valence-electron chi connectivity index (χ2n) is 7.68. The van der Waals surface area contributed by atoms with Crippen molar-refractivity contribution in [1.82, 2.24) is 0 Å². The molecule has 0 saturated heterocycles. The van der Waals surface area contributed by atoms with Gasteiger partial charge in [0.05, 0.1) is 6.10 Å². The first-order chi connectivity index (χ1) is 10.5. The summed E-state index contributed by atoms with van der Waals surface area (Å²) in [7, 11) is 0. The van der Waals surface area contributed by atoms with Gasteiger partial charge in [0.15, 0.2) is 0 Å². The fourth-order valence-electron chi connectivity index (χ4n) is 2.95. The number of rotatable bonds is 12. The number of aliphatic hydroxyl groups excluding tert-OH is 1. The highest BCUT2D eigenvalue weighted by Gasteiger charge is 2.27. The summed E-state index contributed by atoms with van der Waals surface area (Å²) in [5, 5.41) is 9.90. The largest absolute Gasteiger partial charge is 0.389 e. The molecule has 5 atom stereocenters. The normalized spacial score (nSPS) is 22.2. The van der Waals surface area contributed by atoms with E-state index in [1.165, 1.54) is 25.7 Å². The molecule has 0 spiro atoms. The summed E-state index contributed by atoms with van der Waals surface area (Å²) in [6.07, 6.45) is 12.8. The Bertz CT molecular complexity index is 333. The zero-order valence-electron chi connectivity index (χ0n) is 15.0. The lowest BCUT2D eigenvalue weighted by atomic mass is 9.83. The van der Waals surface area contributed by atoms with Crippen LogP contribution >= 0.6 is 0 Å². The molecule has 2 nitrogen and oxygen atoms in total. The van der Waals surface area contributed by atoms with Gasteiger partial charge in [-0.2, -0.15) is 0 Å². The topological polar surface area (TPSA) is 37.3 Å². The summed E-state index contributed by atoms with van der Waals surface area (Å²) >= 11 is 0. The average Bonchev–Trinajstić information content (AvgIpc) is 3.34. The highest BCUT2D eigenvalue weighted by atomic mass is 16.3. The highest BCUT2D eigenvalue weighted by molar-refractivity contribution is 5.48. The maximum absolute atomic E-state index is 10.4. The summed E-state index contributed by atoms with van der Waals surface area (Å²) in [5.41, 5.74) is 0. The predicted octanol–water partition coefficient (Wildman–Crippen LogP) is 5.01. The number of carbonyl (C=O) groups is 1. The third-order valence-corrected chi connectivity index (χ3v) is 5.64. The van der Waals surface area contributed by atoms with Crippen LogP contribution in [0, 0.1) is 29.6 Å². The predicted molar refractivity (Wildman–Crippen MR) is 93.7 cm³/mol. The van der Waals surface area contributed by atoms with E-state index in [1.54, 1.807) is 0 Å². The first kappa shape index (κ1) is 19.4. The lowest BCUT2D eigenvalue weighted by molar-refractivity contribution is -0.108. The van der Waals surface area contributed by atoms with E-state index in [2.05, 4.69) is 33.8 Å². The highest BCUT2D eigenvalue weighted by Crippen LogP contribution is 2.33. The minimum absolute atomic E-state index is 0.216. The van der Waals surface area contributed by atoms with Crippen LogP contribution in [0.2, 0.25) is 0 Å². The first-order valence-electron chi connectivity index (χ1n) is 9.25. The van der Waals surface area contributed by atoms with Crippen molar-refractivity contribution in [1.29, 1.82) is 0 Å². The minimum atomic E-state index is -0.216. The van der Waals surface area contributed by atoms with E-state index in [0.29, 0.717) is 30.1 Å². The number of aldehydes is 1. The number of hydrogen-bond donors (Lipinski definition) is 1. The monoisotopic (exact) mass is 308 g/mol. The summed E-state index contributed by atoms with van der Waals surface area (Å²) in [5.74, 6) is 3.15. The molecule has 0 aromatic carbocycles. The third-order valence-electron chi connectivity index (χ3n) is 5.64. The van der Waals surface area contributed by atoms with E-state index in [1.807, 2.05) is 6.08 Å².